The topological polar surface area (TPSA) is 110 Å². The summed E-state index contributed by atoms with van der Waals surface area (Å²) in [4.78, 5) is 33.5. The molecule has 0 unspecified atom stereocenters. The molecule has 0 fully saturated rings. The third kappa shape index (κ3) is 3.06. The molecule has 2 aromatic carbocycles. The average molecular weight is 304 g/mol. The van der Waals surface area contributed by atoms with Crippen LogP contribution in [0.2, 0.25) is 0 Å². The number of aromatic carboxylic acids is 1. The highest BCUT2D eigenvalue weighted by Crippen LogP contribution is 2.24. The Labute approximate surface area is 123 Å². The third-order valence-electron chi connectivity index (χ3n) is 2.80. The molecule has 0 spiro atoms. The Morgan fingerprint density at radius 2 is 1.77 bits per heavy atom. The van der Waals surface area contributed by atoms with Gasteiger partial charge in [0.2, 0.25) is 0 Å². The van der Waals surface area contributed by atoms with Crippen molar-refractivity contribution in [3.63, 3.8) is 0 Å². The average Bonchev–Trinajstić information content (AvgIpc) is 2.48. The number of halogens is 1. The second kappa shape index (κ2) is 6.00. The monoisotopic (exact) mass is 304 g/mol. The van der Waals surface area contributed by atoms with Gasteiger partial charge in [0.15, 0.2) is 0 Å². The Morgan fingerprint density at radius 1 is 1.14 bits per heavy atom. The van der Waals surface area contributed by atoms with E-state index >= 15 is 0 Å². The van der Waals surface area contributed by atoms with Crippen LogP contribution in [0.15, 0.2) is 42.5 Å². The zero-order valence-corrected chi connectivity index (χ0v) is 10.9. The van der Waals surface area contributed by atoms with Crippen molar-refractivity contribution in [3.05, 3.63) is 69.5 Å². The Hall–Kier alpha value is -3.29. The lowest BCUT2D eigenvalue weighted by Crippen LogP contribution is -2.18. The van der Waals surface area contributed by atoms with E-state index in [9.17, 15) is 24.1 Å². The minimum Gasteiger partial charge on any atom is -0.478 e. The molecule has 2 rings (SSSR count). The van der Waals surface area contributed by atoms with Gasteiger partial charge in [-0.2, -0.15) is 0 Å². The van der Waals surface area contributed by atoms with Gasteiger partial charge < -0.3 is 10.4 Å². The van der Waals surface area contributed by atoms with Crippen molar-refractivity contribution < 1.29 is 24.0 Å². The number of hydrogen-bond donors (Lipinski definition) is 2. The predicted molar refractivity (Wildman–Crippen MR) is 74.4 cm³/mol. The van der Waals surface area contributed by atoms with Crippen LogP contribution >= 0.6 is 0 Å². The van der Waals surface area contributed by atoms with Crippen molar-refractivity contribution >= 4 is 23.3 Å². The van der Waals surface area contributed by atoms with Crippen molar-refractivity contribution in [2.45, 2.75) is 0 Å². The fourth-order valence-electron chi connectivity index (χ4n) is 1.84. The lowest BCUT2D eigenvalue weighted by molar-refractivity contribution is -0.385. The number of rotatable bonds is 4. The van der Waals surface area contributed by atoms with E-state index in [0.717, 1.165) is 24.3 Å². The van der Waals surface area contributed by atoms with E-state index in [4.69, 9.17) is 5.11 Å². The molecular formula is C14H9FN2O5. The number of nitrogens with zero attached hydrogens (tertiary/aromatic N) is 1. The van der Waals surface area contributed by atoms with Crippen molar-refractivity contribution in [1.82, 2.24) is 0 Å². The second-order valence-corrected chi connectivity index (χ2v) is 4.22. The standard InChI is InChI=1S/C14H9FN2O5/c15-8-4-6-9(7-5-8)16-13(18)12-10(14(19)20)2-1-3-11(12)17(21)22/h1-7H,(H,16,18)(H,19,20). The molecule has 8 heteroatoms. The lowest BCUT2D eigenvalue weighted by Gasteiger charge is -2.08. The highest BCUT2D eigenvalue weighted by atomic mass is 19.1. The molecular weight excluding hydrogens is 295 g/mol. The molecule has 0 saturated heterocycles. The van der Waals surface area contributed by atoms with Gasteiger partial charge in [-0.25, -0.2) is 9.18 Å². The number of carboxylic acids is 1. The van der Waals surface area contributed by atoms with Crippen LogP contribution in [0.4, 0.5) is 15.8 Å². The van der Waals surface area contributed by atoms with Crippen LogP contribution in [0.25, 0.3) is 0 Å². The third-order valence-corrected chi connectivity index (χ3v) is 2.80. The van der Waals surface area contributed by atoms with Crippen LogP contribution in [-0.4, -0.2) is 21.9 Å². The van der Waals surface area contributed by atoms with Gasteiger partial charge in [-0.1, -0.05) is 6.07 Å². The van der Waals surface area contributed by atoms with Crippen molar-refractivity contribution in [2.24, 2.45) is 0 Å². The quantitative estimate of drug-likeness (QED) is 0.666. The number of nitro benzene ring substituents is 1. The maximum Gasteiger partial charge on any atom is 0.336 e. The summed E-state index contributed by atoms with van der Waals surface area (Å²) < 4.78 is 12.8. The molecule has 1 amide bonds. The van der Waals surface area contributed by atoms with E-state index in [0.29, 0.717) is 0 Å². The summed E-state index contributed by atoms with van der Waals surface area (Å²) >= 11 is 0. The van der Waals surface area contributed by atoms with Crippen molar-refractivity contribution in [2.75, 3.05) is 5.32 Å². The molecule has 0 heterocycles. The fourth-order valence-corrected chi connectivity index (χ4v) is 1.84. The number of carboxylic acid groups (broad SMARTS) is 1. The van der Waals surface area contributed by atoms with E-state index in [-0.39, 0.29) is 5.69 Å². The summed E-state index contributed by atoms with van der Waals surface area (Å²) in [5, 5.41) is 22.4. The van der Waals surface area contributed by atoms with Gasteiger partial charge in [-0.15, -0.1) is 0 Å². The summed E-state index contributed by atoms with van der Waals surface area (Å²) in [6.07, 6.45) is 0. The van der Waals surface area contributed by atoms with Crippen LogP contribution in [0, 0.1) is 15.9 Å². The summed E-state index contributed by atoms with van der Waals surface area (Å²) in [5.74, 6) is -2.95. The number of carbonyl (C=O) groups excluding carboxylic acids is 1. The minimum atomic E-state index is -1.46. The Balaban J connectivity index is 2.45. The van der Waals surface area contributed by atoms with Gasteiger partial charge in [-0.05, 0) is 30.3 Å². The maximum atomic E-state index is 12.8. The van der Waals surface area contributed by atoms with Gasteiger partial charge in [0.25, 0.3) is 11.6 Å². The van der Waals surface area contributed by atoms with Gasteiger partial charge in [0.1, 0.15) is 11.4 Å². The Kier molecular flexibility index (Phi) is 4.12. The maximum absolute atomic E-state index is 12.8. The Morgan fingerprint density at radius 3 is 2.32 bits per heavy atom. The van der Waals surface area contributed by atoms with E-state index in [1.807, 2.05) is 0 Å². The first-order valence-electron chi connectivity index (χ1n) is 5.97. The summed E-state index contributed by atoms with van der Waals surface area (Å²) in [7, 11) is 0. The van der Waals surface area contributed by atoms with Crippen LogP contribution in [0.1, 0.15) is 20.7 Å². The van der Waals surface area contributed by atoms with Crippen LogP contribution < -0.4 is 5.32 Å². The number of carbonyl (C=O) groups is 2. The molecule has 0 aromatic heterocycles. The van der Waals surface area contributed by atoms with E-state index in [1.165, 1.54) is 18.2 Å². The molecule has 7 nitrogen and oxygen atoms in total. The molecule has 0 bridgehead atoms. The first kappa shape index (κ1) is 15.1. The normalized spacial score (nSPS) is 10.0. The molecule has 112 valence electrons. The second-order valence-electron chi connectivity index (χ2n) is 4.22. The summed E-state index contributed by atoms with van der Waals surface area (Å²) in [6.45, 7) is 0. The first-order chi connectivity index (χ1) is 10.4. The first-order valence-corrected chi connectivity index (χ1v) is 5.97. The lowest BCUT2D eigenvalue weighted by atomic mass is 10.0. The van der Waals surface area contributed by atoms with Crippen molar-refractivity contribution in [3.8, 4) is 0 Å². The molecule has 22 heavy (non-hydrogen) atoms. The number of benzene rings is 2. The largest absolute Gasteiger partial charge is 0.478 e. The molecule has 0 aliphatic heterocycles. The van der Waals surface area contributed by atoms with E-state index in [1.54, 1.807) is 0 Å². The summed E-state index contributed by atoms with van der Waals surface area (Å²) in [5.41, 5.74) is -1.50. The van der Waals surface area contributed by atoms with Gasteiger partial charge in [0.05, 0.1) is 10.5 Å². The number of anilines is 1. The number of nitrogens with one attached hydrogen (secondary N) is 1. The predicted octanol–water partition coefficient (Wildman–Crippen LogP) is 2.68. The summed E-state index contributed by atoms with van der Waals surface area (Å²) in [6, 6.07) is 7.99. The van der Waals surface area contributed by atoms with Gasteiger partial charge in [-0.3, -0.25) is 14.9 Å². The number of nitro groups is 1. The minimum absolute atomic E-state index is 0.181. The van der Waals surface area contributed by atoms with Gasteiger partial charge in [0, 0.05) is 11.8 Å². The molecule has 0 saturated carbocycles. The SMILES string of the molecule is O=C(O)c1cccc([N+](=O)[O-])c1C(=O)Nc1ccc(F)cc1. The molecule has 0 aliphatic carbocycles. The van der Waals surface area contributed by atoms with Crippen molar-refractivity contribution in [1.29, 1.82) is 0 Å². The molecule has 2 aromatic rings. The number of amides is 1. The van der Waals surface area contributed by atoms with Crippen LogP contribution in [-0.2, 0) is 0 Å². The molecule has 0 radical (unpaired) electrons. The zero-order chi connectivity index (χ0) is 16.3. The fraction of sp³-hybridized carbons (Fsp3) is 0. The highest BCUT2D eigenvalue weighted by molar-refractivity contribution is 6.13. The molecule has 0 atom stereocenters. The zero-order valence-electron chi connectivity index (χ0n) is 10.9. The smallest absolute Gasteiger partial charge is 0.336 e. The van der Waals surface area contributed by atoms with E-state index < -0.39 is 39.4 Å². The molecule has 0 aliphatic rings. The Bertz CT molecular complexity index is 726. The molecule has 2 N–H and O–H groups in total. The van der Waals surface area contributed by atoms with Gasteiger partial charge >= 0.3 is 5.97 Å². The number of hydrogen-bond acceptors (Lipinski definition) is 4. The highest BCUT2D eigenvalue weighted by Gasteiger charge is 2.27. The van der Waals surface area contributed by atoms with E-state index in [2.05, 4.69) is 5.32 Å². The van der Waals surface area contributed by atoms with Crippen LogP contribution in [0.3, 0.4) is 0 Å². The van der Waals surface area contributed by atoms with Crippen LogP contribution in [0.5, 0.6) is 0 Å².